The van der Waals surface area contributed by atoms with Gasteiger partial charge in [0.05, 0.1) is 12.1 Å². The Hall–Kier alpha value is -3.21. The number of benzene rings is 2. The fourth-order valence-corrected chi connectivity index (χ4v) is 2.63. The molecule has 0 bridgehead atoms. The molecule has 0 fully saturated rings. The lowest BCUT2D eigenvalue weighted by Crippen LogP contribution is -2.23. The summed E-state index contributed by atoms with van der Waals surface area (Å²) in [5, 5.41) is 2.80. The van der Waals surface area contributed by atoms with Crippen molar-refractivity contribution in [2.75, 3.05) is 5.32 Å². The van der Waals surface area contributed by atoms with Gasteiger partial charge in [0.15, 0.2) is 0 Å². The molecule has 3 aromatic rings. The van der Waals surface area contributed by atoms with E-state index in [1.807, 2.05) is 24.3 Å². The van der Waals surface area contributed by atoms with Crippen molar-refractivity contribution < 1.29 is 9.18 Å². The Morgan fingerprint density at radius 1 is 1.04 bits per heavy atom. The van der Waals surface area contributed by atoms with E-state index in [1.165, 1.54) is 34.5 Å². The van der Waals surface area contributed by atoms with Crippen LogP contribution in [0.1, 0.15) is 28.4 Å². The van der Waals surface area contributed by atoms with Gasteiger partial charge >= 0.3 is 0 Å². The van der Waals surface area contributed by atoms with Crippen molar-refractivity contribution in [2.24, 2.45) is 0 Å². The maximum Gasteiger partial charge on any atom is 0.257 e. The van der Waals surface area contributed by atoms with Gasteiger partial charge in [-0.15, -0.1) is 0 Å². The fraction of sp³-hybridized carbons (Fsp3) is 0.143. The Bertz CT molecular complexity index is 978. The van der Waals surface area contributed by atoms with Crippen LogP contribution >= 0.6 is 0 Å². The quantitative estimate of drug-likeness (QED) is 0.760. The van der Waals surface area contributed by atoms with E-state index in [0.29, 0.717) is 16.8 Å². The zero-order valence-electron chi connectivity index (χ0n) is 14.4. The maximum atomic E-state index is 13.8. The molecule has 26 heavy (non-hydrogen) atoms. The van der Waals surface area contributed by atoms with Crippen LogP contribution in [0.3, 0.4) is 0 Å². The summed E-state index contributed by atoms with van der Waals surface area (Å²) >= 11 is 0. The summed E-state index contributed by atoms with van der Waals surface area (Å²) in [6, 6.07) is 16.6. The van der Waals surface area contributed by atoms with Crippen LogP contribution in [0, 0.1) is 5.82 Å². The molecular formula is C21H19FN2O2. The van der Waals surface area contributed by atoms with E-state index in [1.54, 1.807) is 18.2 Å². The Kier molecular flexibility index (Phi) is 5.27. The predicted octanol–water partition coefficient (Wildman–Crippen LogP) is 3.85. The molecule has 1 N–H and O–H groups in total. The van der Waals surface area contributed by atoms with Crippen LogP contribution in [-0.2, 0) is 13.0 Å². The fourth-order valence-electron chi connectivity index (χ4n) is 2.63. The van der Waals surface area contributed by atoms with Crippen LogP contribution in [0.5, 0.6) is 0 Å². The molecule has 3 rings (SSSR count). The molecular weight excluding hydrogens is 331 g/mol. The highest BCUT2D eigenvalue weighted by Crippen LogP contribution is 2.12. The molecule has 0 radical (unpaired) electrons. The largest absolute Gasteiger partial charge is 0.322 e. The summed E-state index contributed by atoms with van der Waals surface area (Å²) in [7, 11) is 0. The average Bonchev–Trinajstić information content (AvgIpc) is 2.66. The van der Waals surface area contributed by atoms with E-state index < -0.39 is 0 Å². The van der Waals surface area contributed by atoms with E-state index in [2.05, 4.69) is 12.2 Å². The minimum atomic E-state index is -0.384. The number of halogens is 1. The Labute approximate surface area is 150 Å². The van der Waals surface area contributed by atoms with E-state index >= 15 is 0 Å². The Balaban J connectivity index is 1.80. The molecule has 5 heteroatoms. The van der Waals surface area contributed by atoms with E-state index in [9.17, 15) is 14.0 Å². The number of hydrogen-bond donors (Lipinski definition) is 1. The van der Waals surface area contributed by atoms with E-state index in [4.69, 9.17) is 0 Å². The normalized spacial score (nSPS) is 10.5. The van der Waals surface area contributed by atoms with Crippen molar-refractivity contribution >= 4 is 11.6 Å². The van der Waals surface area contributed by atoms with Crippen LogP contribution in [0.4, 0.5) is 10.1 Å². The number of nitrogens with one attached hydrogen (secondary N) is 1. The molecule has 4 nitrogen and oxygen atoms in total. The SMILES string of the molecule is CCc1ccc(NC(=O)c2ccc(=O)n(Cc3ccccc3F)c2)cc1. The molecule has 0 spiro atoms. The van der Waals surface area contributed by atoms with Gasteiger partial charge in [0.1, 0.15) is 5.82 Å². The first-order valence-electron chi connectivity index (χ1n) is 8.41. The summed E-state index contributed by atoms with van der Waals surface area (Å²) in [6.07, 6.45) is 2.37. The van der Waals surface area contributed by atoms with Gasteiger partial charge in [0.2, 0.25) is 0 Å². The van der Waals surface area contributed by atoms with Gasteiger partial charge < -0.3 is 9.88 Å². The number of anilines is 1. The summed E-state index contributed by atoms with van der Waals surface area (Å²) in [5.74, 6) is -0.707. The number of hydrogen-bond acceptors (Lipinski definition) is 2. The predicted molar refractivity (Wildman–Crippen MR) is 100.0 cm³/mol. The molecule has 1 heterocycles. The molecule has 0 aliphatic heterocycles. The van der Waals surface area contributed by atoms with Gasteiger partial charge in [-0.25, -0.2) is 4.39 Å². The van der Waals surface area contributed by atoms with Crippen molar-refractivity contribution in [3.63, 3.8) is 0 Å². The number of aryl methyl sites for hydroxylation is 1. The van der Waals surface area contributed by atoms with Crippen LogP contribution in [0.2, 0.25) is 0 Å². The lowest BCUT2D eigenvalue weighted by Gasteiger charge is -2.10. The summed E-state index contributed by atoms with van der Waals surface area (Å²) in [5.41, 5.74) is 2.29. The molecule has 132 valence electrons. The first-order valence-corrected chi connectivity index (χ1v) is 8.41. The standard InChI is InChI=1S/C21H19FN2O2/c1-2-15-7-10-18(11-8-15)23-21(26)17-9-12-20(25)24(14-17)13-16-5-3-4-6-19(16)22/h3-12,14H,2,13H2,1H3,(H,23,26). The van der Waals surface area contributed by atoms with Crippen molar-refractivity contribution in [3.8, 4) is 0 Å². The second kappa shape index (κ2) is 7.78. The number of carbonyl (C=O) groups is 1. The van der Waals surface area contributed by atoms with Crippen LogP contribution in [0.15, 0.2) is 71.7 Å². The highest BCUT2D eigenvalue weighted by molar-refractivity contribution is 6.04. The number of nitrogens with zero attached hydrogens (tertiary/aromatic N) is 1. The van der Waals surface area contributed by atoms with Gasteiger partial charge in [-0.3, -0.25) is 9.59 Å². The zero-order chi connectivity index (χ0) is 18.5. The molecule has 0 aliphatic carbocycles. The number of carbonyl (C=O) groups excluding carboxylic acids is 1. The van der Waals surface area contributed by atoms with Gasteiger partial charge in [0, 0.05) is 23.5 Å². The van der Waals surface area contributed by atoms with Crippen LogP contribution in [0.25, 0.3) is 0 Å². The lowest BCUT2D eigenvalue weighted by atomic mass is 10.1. The van der Waals surface area contributed by atoms with Gasteiger partial charge in [0.25, 0.3) is 11.5 Å². The first-order chi connectivity index (χ1) is 12.6. The van der Waals surface area contributed by atoms with Gasteiger partial charge in [-0.05, 0) is 36.2 Å². The summed E-state index contributed by atoms with van der Waals surface area (Å²) in [6.45, 7) is 2.13. The average molecular weight is 350 g/mol. The molecule has 0 unspecified atom stereocenters. The molecule has 0 aliphatic rings. The van der Waals surface area contributed by atoms with E-state index in [-0.39, 0.29) is 23.8 Å². The van der Waals surface area contributed by atoms with Crippen molar-refractivity contribution in [2.45, 2.75) is 19.9 Å². The lowest BCUT2D eigenvalue weighted by molar-refractivity contribution is 0.102. The van der Waals surface area contributed by atoms with Gasteiger partial charge in [-0.1, -0.05) is 37.3 Å². The minimum absolute atomic E-state index is 0.0673. The van der Waals surface area contributed by atoms with E-state index in [0.717, 1.165) is 6.42 Å². The highest BCUT2D eigenvalue weighted by atomic mass is 19.1. The monoisotopic (exact) mass is 350 g/mol. The smallest absolute Gasteiger partial charge is 0.257 e. The van der Waals surface area contributed by atoms with Crippen molar-refractivity contribution in [3.05, 3.63) is 99.7 Å². The van der Waals surface area contributed by atoms with Crippen LogP contribution in [-0.4, -0.2) is 10.5 Å². The summed E-state index contributed by atoms with van der Waals surface area (Å²) < 4.78 is 15.1. The molecule has 0 atom stereocenters. The molecule has 0 saturated heterocycles. The Morgan fingerprint density at radius 3 is 2.46 bits per heavy atom. The third kappa shape index (κ3) is 4.06. The minimum Gasteiger partial charge on any atom is -0.322 e. The summed E-state index contributed by atoms with van der Waals surface area (Å²) in [4.78, 5) is 24.5. The number of pyridine rings is 1. The van der Waals surface area contributed by atoms with Crippen LogP contribution < -0.4 is 10.9 Å². The Morgan fingerprint density at radius 2 is 1.77 bits per heavy atom. The topological polar surface area (TPSA) is 51.1 Å². The molecule has 1 aromatic heterocycles. The molecule has 1 amide bonds. The zero-order valence-corrected chi connectivity index (χ0v) is 14.4. The number of rotatable bonds is 5. The van der Waals surface area contributed by atoms with Crippen molar-refractivity contribution in [1.29, 1.82) is 0 Å². The highest BCUT2D eigenvalue weighted by Gasteiger charge is 2.10. The maximum absolute atomic E-state index is 13.8. The van der Waals surface area contributed by atoms with Gasteiger partial charge in [-0.2, -0.15) is 0 Å². The second-order valence-electron chi connectivity index (χ2n) is 5.98. The van der Waals surface area contributed by atoms with Crippen molar-refractivity contribution in [1.82, 2.24) is 4.57 Å². The number of amides is 1. The molecule has 2 aromatic carbocycles. The molecule has 0 saturated carbocycles. The first kappa shape index (κ1) is 17.6. The third-order valence-electron chi connectivity index (χ3n) is 4.16. The number of aromatic nitrogens is 1. The third-order valence-corrected chi connectivity index (χ3v) is 4.16. The second-order valence-corrected chi connectivity index (χ2v) is 5.98.